The summed E-state index contributed by atoms with van der Waals surface area (Å²) in [5.41, 5.74) is -2.36. The first kappa shape index (κ1) is 29.1. The third-order valence-corrected chi connectivity index (χ3v) is 4.98. The molecule has 0 fully saturated rings. The summed E-state index contributed by atoms with van der Waals surface area (Å²) < 4.78 is 88.5. The molecule has 0 aliphatic heterocycles. The normalized spacial score (nSPS) is 13.1. The minimum absolute atomic E-state index is 0.0351. The molecule has 1 unspecified atom stereocenters. The molecule has 0 aliphatic rings. The average molecular weight is 535 g/mol. The minimum Gasteiger partial charge on any atom is -0.488 e. The SMILES string of the molecule is CCOC(Cc1ccc(OCC=C(C)C#Cc2cc(C(F)(F)F)cc(C(F)(F)F)c2)c(Cl)c1)C(=O)O. The molecule has 0 aromatic heterocycles. The molecule has 1 N–H and O–H groups in total. The van der Waals surface area contributed by atoms with E-state index in [1.165, 1.54) is 19.1 Å². The lowest BCUT2D eigenvalue weighted by Gasteiger charge is -2.13. The fourth-order valence-corrected chi connectivity index (χ4v) is 3.18. The lowest BCUT2D eigenvalue weighted by Crippen LogP contribution is -2.26. The summed E-state index contributed by atoms with van der Waals surface area (Å²) in [6.07, 6.45) is -9.36. The summed E-state index contributed by atoms with van der Waals surface area (Å²) in [6.45, 7) is 3.39. The van der Waals surface area contributed by atoms with Crippen molar-refractivity contribution in [2.45, 2.75) is 38.7 Å². The van der Waals surface area contributed by atoms with Crippen LogP contribution in [0, 0.1) is 11.8 Å². The Balaban J connectivity index is 2.11. The van der Waals surface area contributed by atoms with E-state index in [4.69, 9.17) is 21.1 Å². The second-order valence-corrected chi connectivity index (χ2v) is 7.90. The number of carboxylic acid groups (broad SMARTS) is 1. The molecular formula is C25H21ClF6O4. The lowest BCUT2D eigenvalue weighted by molar-refractivity contribution is -0.150. The average Bonchev–Trinajstić information content (AvgIpc) is 2.77. The van der Waals surface area contributed by atoms with Gasteiger partial charge in [-0.2, -0.15) is 26.3 Å². The van der Waals surface area contributed by atoms with Gasteiger partial charge in [0.1, 0.15) is 12.4 Å². The predicted octanol–water partition coefficient (Wildman–Crippen LogP) is 6.79. The summed E-state index contributed by atoms with van der Waals surface area (Å²) in [6, 6.07) is 5.84. The van der Waals surface area contributed by atoms with Crippen LogP contribution in [0.25, 0.3) is 0 Å². The molecule has 2 rings (SSSR count). The van der Waals surface area contributed by atoms with Crippen LogP contribution in [0.5, 0.6) is 5.75 Å². The number of allylic oxidation sites excluding steroid dienone is 1. The number of carbonyl (C=O) groups is 1. The first-order valence-electron chi connectivity index (χ1n) is 10.4. The van der Waals surface area contributed by atoms with Gasteiger partial charge in [0.05, 0.1) is 16.1 Å². The van der Waals surface area contributed by atoms with Crippen LogP contribution < -0.4 is 4.74 Å². The largest absolute Gasteiger partial charge is 0.488 e. The van der Waals surface area contributed by atoms with E-state index in [9.17, 15) is 36.2 Å². The van der Waals surface area contributed by atoms with Gasteiger partial charge in [-0.15, -0.1) is 0 Å². The van der Waals surface area contributed by atoms with Crippen LogP contribution in [0.1, 0.15) is 36.1 Å². The molecule has 4 nitrogen and oxygen atoms in total. The Bertz CT molecular complexity index is 1140. The van der Waals surface area contributed by atoms with Gasteiger partial charge in [0.2, 0.25) is 0 Å². The molecule has 0 aliphatic carbocycles. The highest BCUT2D eigenvalue weighted by molar-refractivity contribution is 6.32. The van der Waals surface area contributed by atoms with Crippen molar-refractivity contribution in [1.29, 1.82) is 0 Å². The topological polar surface area (TPSA) is 55.8 Å². The maximum absolute atomic E-state index is 13.0. The van der Waals surface area contributed by atoms with E-state index < -0.39 is 41.1 Å². The van der Waals surface area contributed by atoms with E-state index in [-0.39, 0.29) is 36.5 Å². The molecule has 11 heteroatoms. The molecule has 0 radical (unpaired) electrons. The van der Waals surface area contributed by atoms with Crippen LogP contribution in [0.2, 0.25) is 5.02 Å². The Hall–Kier alpha value is -3.16. The van der Waals surface area contributed by atoms with Crippen LogP contribution in [0.4, 0.5) is 26.3 Å². The molecule has 0 saturated heterocycles. The van der Waals surface area contributed by atoms with E-state index in [0.29, 0.717) is 23.3 Å². The Morgan fingerprint density at radius 1 is 1.08 bits per heavy atom. The minimum atomic E-state index is -4.96. The highest BCUT2D eigenvalue weighted by Gasteiger charge is 2.36. The van der Waals surface area contributed by atoms with Crippen molar-refractivity contribution >= 4 is 17.6 Å². The second-order valence-electron chi connectivity index (χ2n) is 7.49. The Kier molecular flexibility index (Phi) is 9.85. The van der Waals surface area contributed by atoms with E-state index in [2.05, 4.69) is 11.8 Å². The van der Waals surface area contributed by atoms with E-state index in [1.54, 1.807) is 19.1 Å². The predicted molar refractivity (Wildman–Crippen MR) is 121 cm³/mol. The molecule has 1 atom stereocenters. The summed E-state index contributed by atoms with van der Waals surface area (Å²) in [4.78, 5) is 11.2. The lowest BCUT2D eigenvalue weighted by atomic mass is 10.0. The van der Waals surface area contributed by atoms with Crippen LogP contribution in [0.3, 0.4) is 0 Å². The van der Waals surface area contributed by atoms with Crippen molar-refractivity contribution < 1.29 is 45.7 Å². The van der Waals surface area contributed by atoms with Crippen LogP contribution in [-0.4, -0.2) is 30.4 Å². The van der Waals surface area contributed by atoms with Gasteiger partial charge in [-0.1, -0.05) is 29.5 Å². The highest BCUT2D eigenvalue weighted by Crippen LogP contribution is 2.36. The van der Waals surface area contributed by atoms with Crippen molar-refractivity contribution in [3.8, 4) is 17.6 Å². The first-order chi connectivity index (χ1) is 16.7. The highest BCUT2D eigenvalue weighted by atomic mass is 35.5. The fourth-order valence-electron chi connectivity index (χ4n) is 2.93. The summed E-state index contributed by atoms with van der Waals surface area (Å²) >= 11 is 6.18. The van der Waals surface area contributed by atoms with Gasteiger partial charge in [0.25, 0.3) is 0 Å². The molecule has 0 spiro atoms. The smallest absolute Gasteiger partial charge is 0.416 e. The van der Waals surface area contributed by atoms with Crippen LogP contribution >= 0.6 is 11.6 Å². The van der Waals surface area contributed by atoms with E-state index in [1.807, 2.05) is 0 Å². The third-order valence-electron chi connectivity index (χ3n) is 4.68. The van der Waals surface area contributed by atoms with Crippen molar-refractivity contribution in [2.75, 3.05) is 13.2 Å². The standard InChI is InChI=1S/C25H21ClF6O4/c1-3-35-22(23(33)34)13-17-6-7-21(20(26)12-17)36-9-8-15(2)4-5-16-10-18(24(27,28)29)14-19(11-16)25(30,31)32/h6-8,10-12,14,22H,3,9,13H2,1-2H3,(H,33,34). The number of hydrogen-bond acceptors (Lipinski definition) is 3. The molecule has 0 heterocycles. The van der Waals surface area contributed by atoms with Gasteiger partial charge in [-0.25, -0.2) is 4.79 Å². The zero-order valence-corrected chi connectivity index (χ0v) is 19.8. The summed E-state index contributed by atoms with van der Waals surface area (Å²) in [5.74, 6) is 4.00. The Morgan fingerprint density at radius 2 is 1.69 bits per heavy atom. The van der Waals surface area contributed by atoms with Gasteiger partial charge < -0.3 is 14.6 Å². The van der Waals surface area contributed by atoms with Gasteiger partial charge in [0, 0.05) is 18.6 Å². The number of carboxylic acids is 1. The fraction of sp³-hybridized carbons (Fsp3) is 0.320. The zero-order valence-electron chi connectivity index (χ0n) is 19.1. The molecule has 0 saturated carbocycles. The number of ether oxygens (including phenoxy) is 2. The van der Waals surface area contributed by atoms with Crippen molar-refractivity contribution in [3.05, 3.63) is 75.3 Å². The number of halogens is 7. The first-order valence-corrected chi connectivity index (χ1v) is 10.8. The molecule has 2 aromatic rings. The number of aliphatic carboxylic acids is 1. The number of hydrogen-bond donors (Lipinski definition) is 1. The van der Waals surface area contributed by atoms with Crippen molar-refractivity contribution in [3.63, 3.8) is 0 Å². The van der Waals surface area contributed by atoms with Crippen molar-refractivity contribution in [2.24, 2.45) is 0 Å². The Morgan fingerprint density at radius 3 is 2.19 bits per heavy atom. The Labute approximate surface area is 208 Å². The number of rotatable bonds is 8. The number of benzene rings is 2. The van der Waals surface area contributed by atoms with Crippen LogP contribution in [-0.2, 0) is 28.3 Å². The maximum atomic E-state index is 13.0. The van der Waals surface area contributed by atoms with Crippen molar-refractivity contribution in [1.82, 2.24) is 0 Å². The quantitative estimate of drug-likeness (QED) is 0.299. The zero-order chi connectivity index (χ0) is 27.1. The van der Waals surface area contributed by atoms with Gasteiger partial charge >= 0.3 is 18.3 Å². The van der Waals surface area contributed by atoms with Gasteiger partial charge in [-0.05, 0) is 61.4 Å². The molecule has 2 aromatic carbocycles. The molecular weight excluding hydrogens is 514 g/mol. The summed E-state index contributed by atoms with van der Waals surface area (Å²) in [5, 5.41) is 9.39. The van der Waals surface area contributed by atoms with Gasteiger partial charge in [0.15, 0.2) is 6.10 Å². The molecule has 0 bridgehead atoms. The monoisotopic (exact) mass is 534 g/mol. The molecule has 0 amide bonds. The maximum Gasteiger partial charge on any atom is 0.416 e. The van der Waals surface area contributed by atoms with Gasteiger partial charge in [-0.3, -0.25) is 0 Å². The second kappa shape index (κ2) is 12.2. The molecule has 194 valence electrons. The van der Waals surface area contributed by atoms with E-state index in [0.717, 1.165) is 0 Å². The number of alkyl halides is 6. The molecule has 36 heavy (non-hydrogen) atoms. The van der Waals surface area contributed by atoms with E-state index >= 15 is 0 Å². The van der Waals surface area contributed by atoms with Crippen LogP contribution in [0.15, 0.2) is 48.0 Å². The third kappa shape index (κ3) is 8.81. The summed E-state index contributed by atoms with van der Waals surface area (Å²) in [7, 11) is 0.